The number of nitrogens with one attached hydrogen (secondary N) is 1. The highest BCUT2D eigenvalue weighted by Gasteiger charge is 2.44. The van der Waals surface area contributed by atoms with Crippen LogP contribution in [0.15, 0.2) is 70.3 Å². The third kappa shape index (κ3) is 3.50. The van der Waals surface area contributed by atoms with Crippen LogP contribution in [0.25, 0.3) is 11.0 Å². The molecule has 6 heteroatoms. The van der Waals surface area contributed by atoms with Crippen molar-refractivity contribution in [1.82, 2.24) is 4.90 Å². The van der Waals surface area contributed by atoms with Gasteiger partial charge in [-0.25, -0.2) is 0 Å². The smallest absolute Gasteiger partial charge is 0.290 e. The van der Waals surface area contributed by atoms with Gasteiger partial charge < -0.3 is 19.3 Å². The third-order valence-corrected chi connectivity index (χ3v) is 5.44. The highest BCUT2D eigenvalue weighted by molar-refractivity contribution is 6.16. The first-order valence-electron chi connectivity index (χ1n) is 10.00. The maximum Gasteiger partial charge on any atom is 0.290 e. The van der Waals surface area contributed by atoms with Crippen molar-refractivity contribution >= 4 is 22.7 Å². The number of carbonyl (C=O) groups excluding carboxylic acids is 2. The highest BCUT2D eigenvalue weighted by Crippen LogP contribution is 2.39. The summed E-state index contributed by atoms with van der Waals surface area (Å²) in [5.74, 6) is -1.38. The largest absolute Gasteiger partial charge is 0.503 e. The molecule has 154 valence electrons. The second-order valence-corrected chi connectivity index (χ2v) is 8.01. The highest BCUT2D eigenvalue weighted by atomic mass is 16.3. The molecule has 6 nitrogen and oxygen atoms in total. The van der Waals surface area contributed by atoms with Crippen molar-refractivity contribution in [2.75, 3.05) is 27.2 Å². The summed E-state index contributed by atoms with van der Waals surface area (Å²) in [5.41, 5.74) is 2.51. The van der Waals surface area contributed by atoms with Crippen LogP contribution in [0.1, 0.15) is 27.7 Å². The maximum atomic E-state index is 13.4. The fourth-order valence-corrected chi connectivity index (χ4v) is 3.78. The van der Waals surface area contributed by atoms with Crippen molar-refractivity contribution in [3.05, 3.63) is 82.8 Å². The molecule has 30 heavy (non-hydrogen) atoms. The molecular weight excluding hydrogens is 380 g/mol. The van der Waals surface area contributed by atoms with Crippen molar-refractivity contribution < 1.29 is 24.0 Å². The van der Waals surface area contributed by atoms with Crippen LogP contribution in [0.3, 0.4) is 0 Å². The van der Waals surface area contributed by atoms with Crippen LogP contribution in [0.4, 0.5) is 0 Å². The number of nitrogens with zero attached hydrogens (tertiary/aromatic N) is 1. The lowest BCUT2D eigenvalue weighted by Crippen LogP contribution is -3.06. The van der Waals surface area contributed by atoms with E-state index in [2.05, 4.69) is 0 Å². The van der Waals surface area contributed by atoms with E-state index in [0.717, 1.165) is 16.5 Å². The van der Waals surface area contributed by atoms with Crippen molar-refractivity contribution in [3.8, 4) is 0 Å². The number of hydrogen-bond acceptors (Lipinski definition) is 4. The second kappa shape index (κ2) is 7.80. The number of aliphatic hydroxyl groups excluding tert-OH is 1. The van der Waals surface area contributed by atoms with Crippen LogP contribution in [-0.4, -0.2) is 48.9 Å². The lowest BCUT2D eigenvalue weighted by molar-refractivity contribution is -0.857. The number of aryl methyl sites for hydroxylation is 1. The van der Waals surface area contributed by atoms with E-state index >= 15 is 0 Å². The van der Waals surface area contributed by atoms with Crippen LogP contribution in [-0.2, 0) is 4.79 Å². The number of rotatable bonds is 6. The first-order valence-corrected chi connectivity index (χ1v) is 10.00. The molecule has 0 spiro atoms. The molecule has 1 aliphatic heterocycles. The van der Waals surface area contributed by atoms with Crippen molar-refractivity contribution in [1.29, 1.82) is 0 Å². The van der Waals surface area contributed by atoms with Gasteiger partial charge in [-0.3, -0.25) is 9.59 Å². The quantitative estimate of drug-likeness (QED) is 0.618. The van der Waals surface area contributed by atoms with Crippen LogP contribution in [0.5, 0.6) is 0 Å². The van der Waals surface area contributed by atoms with Gasteiger partial charge in [0.1, 0.15) is 5.58 Å². The Kier molecular flexibility index (Phi) is 5.18. The number of ketones is 1. The zero-order valence-electron chi connectivity index (χ0n) is 17.3. The molecule has 1 amide bonds. The van der Waals surface area contributed by atoms with Gasteiger partial charge in [0, 0.05) is 5.39 Å². The van der Waals surface area contributed by atoms with Gasteiger partial charge in [0.15, 0.2) is 11.5 Å². The zero-order valence-corrected chi connectivity index (χ0v) is 17.3. The third-order valence-electron chi connectivity index (χ3n) is 5.44. The summed E-state index contributed by atoms with van der Waals surface area (Å²) < 4.78 is 5.73. The number of para-hydroxylation sites is 1. The Morgan fingerprint density at radius 2 is 1.83 bits per heavy atom. The number of Topliss-reactive ketones (excluding diaryl/α,β-unsaturated/α-hetero) is 1. The summed E-state index contributed by atoms with van der Waals surface area (Å²) in [6.45, 7) is 3.08. The van der Waals surface area contributed by atoms with Gasteiger partial charge in [0.2, 0.25) is 5.78 Å². The number of quaternary nitrogens is 1. The van der Waals surface area contributed by atoms with E-state index in [1.807, 2.05) is 63.5 Å². The number of fused-ring (bicyclic) bond motifs is 1. The lowest BCUT2D eigenvalue weighted by atomic mass is 9.94. The number of hydrogen-bond donors (Lipinski definition) is 2. The molecule has 2 aromatic carbocycles. The Labute approximate surface area is 175 Å². The Morgan fingerprint density at radius 3 is 2.50 bits per heavy atom. The normalized spacial score (nSPS) is 16.9. The Hall–Kier alpha value is -3.38. The summed E-state index contributed by atoms with van der Waals surface area (Å²) in [6, 6.07) is 16.0. The Morgan fingerprint density at radius 1 is 1.13 bits per heavy atom. The summed E-state index contributed by atoms with van der Waals surface area (Å²) >= 11 is 0. The summed E-state index contributed by atoms with van der Waals surface area (Å²) in [6.07, 6.45) is 0. The average molecular weight is 405 g/mol. The maximum absolute atomic E-state index is 13.4. The minimum atomic E-state index is -0.654. The van der Waals surface area contributed by atoms with Crippen molar-refractivity contribution in [2.45, 2.75) is 13.0 Å². The predicted molar refractivity (Wildman–Crippen MR) is 114 cm³/mol. The SMILES string of the molecule is Cc1ccc([C@@H]2C(C(=O)c3cc4ccccc4o3)=C(O)C(=O)N2CC[NH+](C)C)cc1. The minimum Gasteiger partial charge on any atom is -0.503 e. The molecule has 4 rings (SSSR count). The van der Waals surface area contributed by atoms with E-state index in [1.165, 1.54) is 4.90 Å². The summed E-state index contributed by atoms with van der Waals surface area (Å²) in [7, 11) is 3.99. The molecule has 0 saturated carbocycles. The van der Waals surface area contributed by atoms with Gasteiger partial charge in [-0.05, 0) is 24.6 Å². The molecule has 2 N–H and O–H groups in total. The van der Waals surface area contributed by atoms with Gasteiger partial charge in [-0.15, -0.1) is 0 Å². The number of amides is 1. The number of carbonyl (C=O) groups is 2. The molecule has 0 unspecified atom stereocenters. The molecule has 0 aliphatic carbocycles. The van der Waals surface area contributed by atoms with Crippen LogP contribution >= 0.6 is 0 Å². The van der Waals surface area contributed by atoms with Gasteiger partial charge in [-0.2, -0.15) is 0 Å². The van der Waals surface area contributed by atoms with E-state index in [-0.39, 0.29) is 11.3 Å². The number of benzene rings is 2. The number of aliphatic hydroxyl groups is 1. The van der Waals surface area contributed by atoms with Crippen molar-refractivity contribution in [3.63, 3.8) is 0 Å². The topological polar surface area (TPSA) is 75.2 Å². The van der Waals surface area contributed by atoms with E-state index in [4.69, 9.17) is 4.42 Å². The second-order valence-electron chi connectivity index (χ2n) is 8.01. The number of furan rings is 1. The van der Waals surface area contributed by atoms with Gasteiger partial charge >= 0.3 is 0 Å². The van der Waals surface area contributed by atoms with E-state index in [9.17, 15) is 14.7 Å². The van der Waals surface area contributed by atoms with E-state index < -0.39 is 23.5 Å². The van der Waals surface area contributed by atoms with Crippen LogP contribution < -0.4 is 4.90 Å². The van der Waals surface area contributed by atoms with Gasteiger partial charge in [0.05, 0.1) is 38.8 Å². The van der Waals surface area contributed by atoms with Crippen LogP contribution in [0.2, 0.25) is 0 Å². The first-order chi connectivity index (χ1) is 14.4. The van der Waals surface area contributed by atoms with Crippen LogP contribution in [0, 0.1) is 6.92 Å². The molecule has 0 radical (unpaired) electrons. The first kappa shape index (κ1) is 19.9. The lowest BCUT2D eigenvalue weighted by Gasteiger charge is -2.27. The molecule has 0 bridgehead atoms. The summed E-state index contributed by atoms with van der Waals surface area (Å²) in [5, 5.41) is 11.5. The molecule has 1 atom stereocenters. The predicted octanol–water partition coefficient (Wildman–Crippen LogP) is 2.46. The summed E-state index contributed by atoms with van der Waals surface area (Å²) in [4.78, 5) is 29.1. The van der Waals surface area contributed by atoms with Gasteiger partial charge in [0.25, 0.3) is 5.91 Å². The minimum absolute atomic E-state index is 0.0664. The molecular formula is C24H25N2O4+. The molecule has 1 aromatic heterocycles. The number of likely N-dealkylation sites (N-methyl/N-ethyl adjacent to an activating group) is 1. The van der Waals surface area contributed by atoms with Gasteiger partial charge in [-0.1, -0.05) is 48.0 Å². The molecule has 1 aliphatic rings. The average Bonchev–Trinajstić information content (AvgIpc) is 3.26. The standard InChI is InChI=1S/C24H24N2O4/c1-15-8-10-16(11-9-15)21-20(23(28)24(29)26(21)13-12-25(2)3)22(27)19-14-17-6-4-5-7-18(17)30-19/h4-11,14,21,28H,12-13H2,1-3H3/p+1/t21-/m1/s1. The zero-order chi connectivity index (χ0) is 21.4. The molecule has 0 saturated heterocycles. The Balaban J connectivity index is 1.78. The molecule has 2 heterocycles. The Bertz CT molecular complexity index is 1110. The van der Waals surface area contributed by atoms with E-state index in [1.54, 1.807) is 17.0 Å². The molecule has 0 fully saturated rings. The van der Waals surface area contributed by atoms with Crippen molar-refractivity contribution in [2.24, 2.45) is 0 Å². The monoisotopic (exact) mass is 405 g/mol. The molecule has 3 aromatic rings. The van der Waals surface area contributed by atoms with E-state index in [0.29, 0.717) is 18.7 Å². The fraction of sp³-hybridized carbons (Fsp3) is 0.250. The fourth-order valence-electron chi connectivity index (χ4n) is 3.78.